The van der Waals surface area contributed by atoms with Crippen LogP contribution < -0.4 is 5.56 Å². The van der Waals surface area contributed by atoms with Gasteiger partial charge in [0.2, 0.25) is 0 Å². The van der Waals surface area contributed by atoms with E-state index < -0.39 is 11.9 Å². The van der Waals surface area contributed by atoms with Crippen LogP contribution in [0.15, 0.2) is 35.1 Å². The van der Waals surface area contributed by atoms with E-state index in [2.05, 4.69) is 13.0 Å². The Bertz CT molecular complexity index is 1220. The van der Waals surface area contributed by atoms with Gasteiger partial charge in [-0.1, -0.05) is 38.5 Å². The fraction of sp³-hybridized carbons (Fsp3) is 0.417. The number of unbranched alkanes of at least 4 members (excludes halogenated alkanes) is 1. The van der Waals surface area contributed by atoms with Crippen LogP contribution in [0, 0.1) is 0 Å². The largest absolute Gasteiger partial charge is 0.380 e. The van der Waals surface area contributed by atoms with Crippen molar-refractivity contribution >= 4 is 10.9 Å². The van der Waals surface area contributed by atoms with E-state index in [9.17, 15) is 15.0 Å². The van der Waals surface area contributed by atoms with Crippen LogP contribution in [0.2, 0.25) is 0 Å². The number of nitrogens with zero attached hydrogens (tertiary/aromatic N) is 2. The molecular weight excluding hydrogens is 380 g/mol. The zero-order valence-electron chi connectivity index (χ0n) is 17.3. The third-order valence-electron chi connectivity index (χ3n) is 6.65. The van der Waals surface area contributed by atoms with Gasteiger partial charge in [0.1, 0.15) is 5.60 Å². The van der Waals surface area contributed by atoms with Crippen LogP contribution in [0.3, 0.4) is 0 Å². The first kappa shape index (κ1) is 19.4. The van der Waals surface area contributed by atoms with Crippen LogP contribution in [0.25, 0.3) is 22.3 Å². The summed E-state index contributed by atoms with van der Waals surface area (Å²) in [7, 11) is 0. The molecule has 0 radical (unpaired) electrons. The highest BCUT2D eigenvalue weighted by Crippen LogP contribution is 2.41. The number of para-hydroxylation sites is 1. The van der Waals surface area contributed by atoms with Gasteiger partial charge in [0.15, 0.2) is 6.29 Å². The van der Waals surface area contributed by atoms with Crippen molar-refractivity contribution < 1.29 is 14.9 Å². The van der Waals surface area contributed by atoms with E-state index in [1.54, 1.807) is 11.5 Å². The molecule has 0 aliphatic carbocycles. The number of fused-ring (bicyclic) bond motifs is 5. The zero-order chi connectivity index (χ0) is 21.0. The second kappa shape index (κ2) is 7.01. The fourth-order valence-electron chi connectivity index (χ4n) is 4.87. The van der Waals surface area contributed by atoms with E-state index in [0.717, 1.165) is 41.4 Å². The maximum atomic E-state index is 13.4. The number of aryl methyl sites for hydroxylation is 1. The van der Waals surface area contributed by atoms with Gasteiger partial charge in [-0.2, -0.15) is 0 Å². The van der Waals surface area contributed by atoms with Gasteiger partial charge in [-0.3, -0.25) is 4.79 Å². The minimum atomic E-state index is -1.60. The number of hydrogen-bond donors (Lipinski definition) is 2. The van der Waals surface area contributed by atoms with Crippen molar-refractivity contribution in [1.29, 1.82) is 0 Å². The minimum absolute atomic E-state index is 0.00757. The van der Waals surface area contributed by atoms with Gasteiger partial charge in [0, 0.05) is 22.1 Å². The highest BCUT2D eigenvalue weighted by molar-refractivity contribution is 5.88. The lowest BCUT2D eigenvalue weighted by molar-refractivity contribution is -0.236. The second-order valence-corrected chi connectivity index (χ2v) is 8.29. The highest BCUT2D eigenvalue weighted by atomic mass is 16.6. The number of aliphatic hydroxyl groups excluding tert-OH is 1. The summed E-state index contributed by atoms with van der Waals surface area (Å²) in [5, 5.41) is 22.5. The van der Waals surface area contributed by atoms with Crippen molar-refractivity contribution in [2.75, 3.05) is 0 Å². The van der Waals surface area contributed by atoms with Crippen molar-refractivity contribution in [2.45, 2.75) is 64.6 Å². The number of pyridine rings is 2. The molecule has 5 rings (SSSR count). The standard InChI is InChI=1S/C24H26N2O4/c1-3-5-8-14-15-9-6-7-10-19(15)25-21-16(14)12-26-20(21)11-18-17(22(26)27)13-30-23(28)24(18,29)4-2/h6-7,9-11,23,28-29H,3-5,8,12-13H2,1-2H3/t23?,24-/m0/s1. The number of aromatic nitrogens is 2. The number of rotatable bonds is 4. The Kier molecular flexibility index (Phi) is 4.54. The van der Waals surface area contributed by atoms with Gasteiger partial charge in [0.25, 0.3) is 5.56 Å². The van der Waals surface area contributed by atoms with Gasteiger partial charge >= 0.3 is 0 Å². The predicted octanol–water partition coefficient (Wildman–Crippen LogP) is 3.21. The molecule has 0 amide bonds. The summed E-state index contributed by atoms with van der Waals surface area (Å²) in [5.41, 5.74) is 3.85. The summed E-state index contributed by atoms with van der Waals surface area (Å²) in [6, 6.07) is 9.94. The van der Waals surface area contributed by atoms with Crippen LogP contribution in [0.1, 0.15) is 55.4 Å². The molecule has 6 nitrogen and oxygen atoms in total. The Morgan fingerprint density at radius 3 is 2.83 bits per heavy atom. The number of aliphatic hydroxyl groups is 2. The van der Waals surface area contributed by atoms with Crippen LogP contribution >= 0.6 is 0 Å². The van der Waals surface area contributed by atoms with E-state index >= 15 is 0 Å². The Labute approximate surface area is 174 Å². The molecule has 1 aromatic carbocycles. The summed E-state index contributed by atoms with van der Waals surface area (Å²) in [5.74, 6) is 0. The van der Waals surface area contributed by atoms with Crippen molar-refractivity contribution in [2.24, 2.45) is 0 Å². The summed E-state index contributed by atoms with van der Waals surface area (Å²) < 4.78 is 7.08. The van der Waals surface area contributed by atoms with Gasteiger partial charge in [-0.25, -0.2) is 4.98 Å². The normalized spacial score (nSPS) is 22.1. The van der Waals surface area contributed by atoms with Crippen LogP contribution in [-0.4, -0.2) is 26.1 Å². The molecule has 0 saturated carbocycles. The second-order valence-electron chi connectivity index (χ2n) is 8.29. The molecule has 0 spiro atoms. The molecule has 2 atom stereocenters. The lowest BCUT2D eigenvalue weighted by Gasteiger charge is -2.37. The smallest absolute Gasteiger partial charge is 0.257 e. The average molecular weight is 406 g/mol. The average Bonchev–Trinajstić information content (AvgIpc) is 3.13. The molecule has 2 aromatic heterocycles. The summed E-state index contributed by atoms with van der Waals surface area (Å²) in [4.78, 5) is 18.3. The topological polar surface area (TPSA) is 84.6 Å². The molecule has 2 aliphatic rings. The molecule has 0 fully saturated rings. The summed E-state index contributed by atoms with van der Waals surface area (Å²) in [6.45, 7) is 4.41. The third kappa shape index (κ3) is 2.61. The molecule has 6 heteroatoms. The van der Waals surface area contributed by atoms with Crippen molar-refractivity contribution in [3.05, 3.63) is 62.9 Å². The van der Waals surface area contributed by atoms with E-state index in [1.807, 2.05) is 24.3 Å². The molecule has 156 valence electrons. The third-order valence-corrected chi connectivity index (χ3v) is 6.65. The first-order valence-electron chi connectivity index (χ1n) is 10.7. The van der Waals surface area contributed by atoms with Gasteiger partial charge < -0.3 is 19.5 Å². The first-order valence-corrected chi connectivity index (χ1v) is 10.7. The molecule has 0 saturated heterocycles. The van der Waals surface area contributed by atoms with Crippen molar-refractivity contribution in [3.63, 3.8) is 0 Å². The van der Waals surface area contributed by atoms with Gasteiger partial charge in [0.05, 0.1) is 30.1 Å². The Morgan fingerprint density at radius 1 is 1.27 bits per heavy atom. The quantitative estimate of drug-likeness (QED) is 0.544. The minimum Gasteiger partial charge on any atom is -0.380 e. The van der Waals surface area contributed by atoms with Gasteiger partial charge in [-0.05, 0) is 37.0 Å². The molecule has 1 unspecified atom stereocenters. The van der Waals surface area contributed by atoms with Crippen molar-refractivity contribution in [1.82, 2.24) is 9.55 Å². The molecule has 3 aromatic rings. The van der Waals surface area contributed by atoms with Crippen LogP contribution in [0.4, 0.5) is 0 Å². The zero-order valence-corrected chi connectivity index (χ0v) is 17.3. The van der Waals surface area contributed by atoms with E-state index in [-0.39, 0.29) is 18.6 Å². The molecule has 2 N–H and O–H groups in total. The summed E-state index contributed by atoms with van der Waals surface area (Å²) in [6.07, 6.45) is 1.97. The monoisotopic (exact) mass is 406 g/mol. The molecule has 2 aliphatic heterocycles. The summed E-state index contributed by atoms with van der Waals surface area (Å²) >= 11 is 0. The lowest BCUT2D eigenvalue weighted by atomic mass is 9.85. The molecule has 30 heavy (non-hydrogen) atoms. The molecular formula is C24H26N2O4. The predicted molar refractivity (Wildman–Crippen MR) is 114 cm³/mol. The lowest BCUT2D eigenvalue weighted by Crippen LogP contribution is -2.47. The Balaban J connectivity index is 1.79. The van der Waals surface area contributed by atoms with Gasteiger partial charge in [-0.15, -0.1) is 0 Å². The number of benzene rings is 1. The SMILES string of the molecule is CCCCc1c2c(nc3ccccc13)-c1cc3c(c(=O)n1C2)COC(O)[C@]3(O)CC. The Morgan fingerprint density at radius 2 is 2.07 bits per heavy atom. The fourth-order valence-corrected chi connectivity index (χ4v) is 4.87. The first-order chi connectivity index (χ1) is 14.5. The Hall–Kier alpha value is -2.54. The number of hydrogen-bond acceptors (Lipinski definition) is 5. The van der Waals surface area contributed by atoms with Crippen molar-refractivity contribution in [3.8, 4) is 11.4 Å². The van der Waals surface area contributed by atoms with E-state index in [4.69, 9.17) is 9.72 Å². The van der Waals surface area contributed by atoms with Crippen LogP contribution in [0.5, 0.6) is 0 Å². The maximum Gasteiger partial charge on any atom is 0.257 e. The van der Waals surface area contributed by atoms with Crippen LogP contribution in [-0.2, 0) is 29.9 Å². The number of ether oxygens (including phenoxy) is 1. The molecule has 0 bridgehead atoms. The van der Waals surface area contributed by atoms with E-state index in [1.165, 1.54) is 5.56 Å². The van der Waals surface area contributed by atoms with E-state index in [0.29, 0.717) is 23.4 Å². The molecule has 4 heterocycles. The highest BCUT2D eigenvalue weighted by Gasteiger charge is 2.44. The maximum absolute atomic E-state index is 13.4.